The van der Waals surface area contributed by atoms with Gasteiger partial charge in [-0.15, -0.1) is 0 Å². The largest absolute Gasteiger partial charge is 0.465 e. The molecule has 4 aliphatic carbocycles. The van der Waals surface area contributed by atoms with Gasteiger partial charge in [0, 0.05) is 24.7 Å². The minimum absolute atomic E-state index is 0.623. The summed E-state index contributed by atoms with van der Waals surface area (Å²) in [5.74, 6) is 6.70. The molecule has 2 atom stereocenters. The molecular formula is C25H32O2. The number of furan rings is 2. The molecule has 0 N–H and O–H groups in total. The third-order valence-corrected chi connectivity index (χ3v) is 7.89. The van der Waals surface area contributed by atoms with E-state index in [2.05, 4.69) is 0 Å². The van der Waals surface area contributed by atoms with Crippen molar-refractivity contribution in [2.24, 2.45) is 0 Å². The third-order valence-electron chi connectivity index (χ3n) is 7.89. The van der Waals surface area contributed by atoms with Crippen LogP contribution >= 0.6 is 0 Å². The van der Waals surface area contributed by atoms with Gasteiger partial charge in [-0.1, -0.05) is 0 Å². The quantitative estimate of drug-likeness (QED) is 0.603. The molecule has 0 bridgehead atoms. The maximum Gasteiger partial charge on any atom is 0.110 e. The molecule has 2 aromatic heterocycles. The summed E-state index contributed by atoms with van der Waals surface area (Å²) in [6.45, 7) is 0. The van der Waals surface area contributed by atoms with Crippen molar-refractivity contribution in [2.45, 2.75) is 108 Å². The van der Waals surface area contributed by atoms with Gasteiger partial charge >= 0.3 is 0 Å². The van der Waals surface area contributed by atoms with Crippen LogP contribution in [0.25, 0.3) is 0 Å². The van der Waals surface area contributed by atoms with Crippen LogP contribution in [0.2, 0.25) is 0 Å². The predicted octanol–water partition coefficient (Wildman–Crippen LogP) is 6.56. The second-order valence-electron chi connectivity index (χ2n) is 9.52. The molecule has 144 valence electrons. The zero-order valence-corrected chi connectivity index (χ0v) is 16.6. The normalized spacial score (nSPS) is 26.8. The first-order valence-electron chi connectivity index (χ1n) is 11.6. The summed E-state index contributed by atoms with van der Waals surface area (Å²) in [5.41, 5.74) is 6.46. The summed E-state index contributed by atoms with van der Waals surface area (Å²) in [5, 5.41) is 0. The molecule has 0 amide bonds. The van der Waals surface area contributed by atoms with Crippen LogP contribution in [0, 0.1) is 0 Å². The standard InChI is InChI=1S/C25H32O2/c1-3-13-22-18(9-1)20-11-5-7-16(24(20)26-22)15-17-8-6-12-21-19-10-2-4-14-23(19)27-25(17)21/h16-17H,1-15H2/t16-,17-/m1/s1. The van der Waals surface area contributed by atoms with Gasteiger partial charge in [-0.3, -0.25) is 0 Å². The fourth-order valence-corrected chi connectivity index (χ4v) is 6.62. The van der Waals surface area contributed by atoms with Gasteiger partial charge in [0.2, 0.25) is 0 Å². The van der Waals surface area contributed by atoms with Crippen molar-refractivity contribution in [3.63, 3.8) is 0 Å². The Labute approximate surface area is 162 Å². The van der Waals surface area contributed by atoms with Crippen molar-refractivity contribution in [2.75, 3.05) is 0 Å². The lowest BCUT2D eigenvalue weighted by Crippen LogP contribution is -2.16. The average molecular weight is 365 g/mol. The third kappa shape index (κ3) is 2.66. The average Bonchev–Trinajstić information content (AvgIpc) is 3.28. The highest BCUT2D eigenvalue weighted by molar-refractivity contribution is 5.41. The van der Waals surface area contributed by atoms with Crippen molar-refractivity contribution in [1.82, 2.24) is 0 Å². The van der Waals surface area contributed by atoms with E-state index in [4.69, 9.17) is 8.83 Å². The molecule has 2 nitrogen and oxygen atoms in total. The number of aryl methyl sites for hydroxylation is 2. The molecule has 2 aromatic rings. The van der Waals surface area contributed by atoms with E-state index in [9.17, 15) is 0 Å². The zero-order valence-electron chi connectivity index (χ0n) is 16.6. The molecule has 0 radical (unpaired) electrons. The van der Waals surface area contributed by atoms with Crippen molar-refractivity contribution >= 4 is 0 Å². The fourth-order valence-electron chi connectivity index (χ4n) is 6.62. The smallest absolute Gasteiger partial charge is 0.110 e. The molecule has 2 heteroatoms. The van der Waals surface area contributed by atoms with Crippen molar-refractivity contribution in [3.8, 4) is 0 Å². The first kappa shape index (κ1) is 16.5. The van der Waals surface area contributed by atoms with Crippen LogP contribution in [-0.2, 0) is 38.5 Å². The van der Waals surface area contributed by atoms with Crippen LogP contribution in [-0.4, -0.2) is 0 Å². The second-order valence-corrected chi connectivity index (χ2v) is 9.52. The lowest BCUT2D eigenvalue weighted by atomic mass is 9.76. The molecule has 4 aliphatic rings. The fraction of sp³-hybridized carbons (Fsp3) is 0.680. The van der Waals surface area contributed by atoms with Crippen LogP contribution in [0.1, 0.15) is 115 Å². The van der Waals surface area contributed by atoms with Gasteiger partial charge < -0.3 is 8.83 Å². The summed E-state index contributed by atoms with van der Waals surface area (Å²) in [7, 11) is 0. The van der Waals surface area contributed by atoms with Gasteiger partial charge in [-0.05, 0) is 106 Å². The first-order valence-corrected chi connectivity index (χ1v) is 11.6. The lowest BCUT2D eigenvalue weighted by Gasteiger charge is -2.28. The highest BCUT2D eigenvalue weighted by Crippen LogP contribution is 2.47. The number of fused-ring (bicyclic) bond motifs is 6. The van der Waals surface area contributed by atoms with E-state index in [1.54, 1.807) is 22.3 Å². The highest BCUT2D eigenvalue weighted by Gasteiger charge is 2.35. The summed E-state index contributed by atoms with van der Waals surface area (Å²) in [6.07, 6.45) is 19.3. The Kier molecular flexibility index (Phi) is 4.02. The van der Waals surface area contributed by atoms with E-state index in [0.29, 0.717) is 11.8 Å². The highest BCUT2D eigenvalue weighted by atomic mass is 16.3. The number of hydrogen-bond acceptors (Lipinski definition) is 2. The Morgan fingerprint density at radius 1 is 0.519 bits per heavy atom. The van der Waals surface area contributed by atoms with Crippen molar-refractivity contribution in [1.29, 1.82) is 0 Å². The predicted molar refractivity (Wildman–Crippen MR) is 107 cm³/mol. The second kappa shape index (κ2) is 6.57. The first-order chi connectivity index (χ1) is 13.4. The Bertz CT molecular complexity index is 782. The minimum Gasteiger partial charge on any atom is -0.465 e. The SMILES string of the molecule is C1CCc2c(oc3c2CCC[C@@H]3C[C@H]2CCCc3c2oc2c3CCCC2)C1. The van der Waals surface area contributed by atoms with E-state index in [1.165, 1.54) is 119 Å². The summed E-state index contributed by atoms with van der Waals surface area (Å²) in [4.78, 5) is 0. The summed E-state index contributed by atoms with van der Waals surface area (Å²) >= 11 is 0. The molecule has 0 spiro atoms. The molecule has 0 aromatic carbocycles. The number of rotatable bonds is 2. The Morgan fingerprint density at radius 3 is 1.48 bits per heavy atom. The Balaban J connectivity index is 1.31. The summed E-state index contributed by atoms with van der Waals surface area (Å²) < 4.78 is 13.0. The van der Waals surface area contributed by atoms with E-state index < -0.39 is 0 Å². The molecule has 0 saturated carbocycles. The van der Waals surface area contributed by atoms with Gasteiger partial charge in [0.1, 0.15) is 23.0 Å². The monoisotopic (exact) mass is 364 g/mol. The molecule has 27 heavy (non-hydrogen) atoms. The van der Waals surface area contributed by atoms with Crippen molar-refractivity contribution in [3.05, 3.63) is 45.3 Å². The van der Waals surface area contributed by atoms with E-state index in [-0.39, 0.29) is 0 Å². The molecule has 0 fully saturated rings. The van der Waals surface area contributed by atoms with Gasteiger partial charge in [0.05, 0.1) is 0 Å². The molecular weight excluding hydrogens is 332 g/mol. The Hall–Kier alpha value is -1.44. The minimum atomic E-state index is 0.623. The Morgan fingerprint density at radius 2 is 0.963 bits per heavy atom. The summed E-state index contributed by atoms with van der Waals surface area (Å²) in [6, 6.07) is 0. The van der Waals surface area contributed by atoms with Crippen LogP contribution in [0.5, 0.6) is 0 Å². The zero-order chi connectivity index (χ0) is 17.8. The van der Waals surface area contributed by atoms with E-state index >= 15 is 0 Å². The van der Waals surface area contributed by atoms with Gasteiger partial charge in [0.25, 0.3) is 0 Å². The van der Waals surface area contributed by atoms with Crippen LogP contribution in [0.15, 0.2) is 8.83 Å². The molecule has 0 aliphatic heterocycles. The van der Waals surface area contributed by atoms with Gasteiger partial charge in [-0.2, -0.15) is 0 Å². The van der Waals surface area contributed by atoms with Crippen LogP contribution < -0.4 is 0 Å². The van der Waals surface area contributed by atoms with Crippen LogP contribution in [0.4, 0.5) is 0 Å². The van der Waals surface area contributed by atoms with Gasteiger partial charge in [0.15, 0.2) is 0 Å². The maximum absolute atomic E-state index is 6.52. The molecule has 0 saturated heterocycles. The molecule has 2 heterocycles. The lowest BCUT2D eigenvalue weighted by molar-refractivity contribution is 0.323. The maximum atomic E-state index is 6.52. The number of hydrogen-bond donors (Lipinski definition) is 0. The topological polar surface area (TPSA) is 26.3 Å². The van der Waals surface area contributed by atoms with E-state index in [1.807, 2.05) is 0 Å². The molecule has 6 rings (SSSR count). The van der Waals surface area contributed by atoms with Gasteiger partial charge in [-0.25, -0.2) is 0 Å². The van der Waals surface area contributed by atoms with Crippen molar-refractivity contribution < 1.29 is 8.83 Å². The molecule has 0 unspecified atom stereocenters. The van der Waals surface area contributed by atoms with E-state index in [0.717, 1.165) is 0 Å². The van der Waals surface area contributed by atoms with Crippen LogP contribution in [0.3, 0.4) is 0 Å².